The highest BCUT2D eigenvalue weighted by Gasteiger charge is 2.17. The van der Waals surface area contributed by atoms with E-state index in [1.165, 1.54) is 23.9 Å². The number of carbonyl (C=O) groups is 1. The lowest BCUT2D eigenvalue weighted by Crippen LogP contribution is -2.19. The van der Waals surface area contributed by atoms with Crippen LogP contribution in [0.15, 0.2) is 50.9 Å². The zero-order valence-corrected chi connectivity index (χ0v) is 15.9. The van der Waals surface area contributed by atoms with Crippen LogP contribution < -0.4 is 10.2 Å². The van der Waals surface area contributed by atoms with E-state index in [9.17, 15) is 20.0 Å². The van der Waals surface area contributed by atoms with Crippen LogP contribution in [0.3, 0.4) is 0 Å². The van der Waals surface area contributed by atoms with Crippen molar-refractivity contribution in [3.8, 4) is 11.5 Å². The minimum Gasteiger partial charge on any atom is -0.502 e. The molecule has 2 rings (SSSR count). The highest BCUT2D eigenvalue weighted by Crippen LogP contribution is 2.32. The Kier molecular flexibility index (Phi) is 6.98. The minimum absolute atomic E-state index is 0.106. The average molecular weight is 440 g/mol. The Morgan fingerprint density at radius 3 is 2.73 bits per heavy atom. The van der Waals surface area contributed by atoms with Gasteiger partial charge in [-0.05, 0) is 30.3 Å². The van der Waals surface area contributed by atoms with Gasteiger partial charge in [0, 0.05) is 21.0 Å². The summed E-state index contributed by atoms with van der Waals surface area (Å²) in [6, 6.07) is 9.88. The highest BCUT2D eigenvalue weighted by atomic mass is 79.9. The summed E-state index contributed by atoms with van der Waals surface area (Å²) in [4.78, 5) is 22.9. The van der Waals surface area contributed by atoms with Gasteiger partial charge in [0.15, 0.2) is 0 Å². The molecular formula is C16H14BrN3O5S. The normalized spacial score (nSPS) is 10.7. The maximum Gasteiger partial charge on any atom is 0.312 e. The minimum atomic E-state index is -0.707. The molecule has 0 bridgehead atoms. The number of hydrogen-bond acceptors (Lipinski definition) is 7. The molecule has 0 spiro atoms. The van der Waals surface area contributed by atoms with Crippen LogP contribution in [0, 0.1) is 10.1 Å². The van der Waals surface area contributed by atoms with Crippen molar-refractivity contribution in [2.24, 2.45) is 5.10 Å². The van der Waals surface area contributed by atoms with Gasteiger partial charge in [-0.25, -0.2) is 5.43 Å². The maximum atomic E-state index is 11.8. The predicted octanol–water partition coefficient (Wildman–Crippen LogP) is 3.31. The molecule has 0 aliphatic rings. The van der Waals surface area contributed by atoms with E-state index in [-0.39, 0.29) is 17.2 Å². The van der Waals surface area contributed by atoms with Crippen molar-refractivity contribution in [2.75, 3.05) is 12.9 Å². The number of nitro benzene ring substituents is 1. The number of hydrazone groups is 1. The third-order valence-electron chi connectivity index (χ3n) is 3.10. The van der Waals surface area contributed by atoms with Gasteiger partial charge in [0.25, 0.3) is 0 Å². The Morgan fingerprint density at radius 2 is 2.12 bits per heavy atom. The SMILES string of the molecule is COc1ccc(SCC(=O)N/N=C/c2cc(Br)cc([N+](=O)[O-])c2O)cc1. The van der Waals surface area contributed by atoms with Crippen LogP contribution in [0.4, 0.5) is 5.69 Å². The van der Waals surface area contributed by atoms with E-state index in [4.69, 9.17) is 4.74 Å². The van der Waals surface area contributed by atoms with Crippen molar-refractivity contribution in [3.63, 3.8) is 0 Å². The molecule has 8 nitrogen and oxygen atoms in total. The smallest absolute Gasteiger partial charge is 0.312 e. The lowest BCUT2D eigenvalue weighted by molar-refractivity contribution is -0.385. The molecule has 0 saturated heterocycles. The topological polar surface area (TPSA) is 114 Å². The van der Waals surface area contributed by atoms with Crippen molar-refractivity contribution in [1.29, 1.82) is 0 Å². The fourth-order valence-electron chi connectivity index (χ4n) is 1.87. The van der Waals surface area contributed by atoms with Crippen molar-refractivity contribution in [1.82, 2.24) is 5.43 Å². The molecule has 0 heterocycles. The molecule has 0 aliphatic heterocycles. The van der Waals surface area contributed by atoms with E-state index in [1.807, 2.05) is 12.1 Å². The lowest BCUT2D eigenvalue weighted by Gasteiger charge is -2.03. The Labute approximate surface area is 161 Å². The summed E-state index contributed by atoms with van der Waals surface area (Å²) >= 11 is 4.44. The van der Waals surface area contributed by atoms with E-state index in [2.05, 4.69) is 26.5 Å². The highest BCUT2D eigenvalue weighted by molar-refractivity contribution is 9.10. The largest absolute Gasteiger partial charge is 0.502 e. The number of rotatable bonds is 7. The first-order chi connectivity index (χ1) is 12.4. The Hall–Kier alpha value is -2.59. The number of thioether (sulfide) groups is 1. The van der Waals surface area contributed by atoms with Crippen LogP contribution in [0.2, 0.25) is 0 Å². The number of ether oxygens (including phenoxy) is 1. The third kappa shape index (κ3) is 5.46. The Morgan fingerprint density at radius 1 is 1.42 bits per heavy atom. The first kappa shape index (κ1) is 19.7. The first-order valence-electron chi connectivity index (χ1n) is 7.16. The fraction of sp³-hybridized carbons (Fsp3) is 0.125. The van der Waals surface area contributed by atoms with E-state index in [0.717, 1.165) is 16.9 Å². The van der Waals surface area contributed by atoms with Gasteiger partial charge < -0.3 is 9.84 Å². The third-order valence-corrected chi connectivity index (χ3v) is 4.57. The van der Waals surface area contributed by atoms with E-state index >= 15 is 0 Å². The number of hydrogen-bond donors (Lipinski definition) is 2. The van der Waals surface area contributed by atoms with Crippen molar-refractivity contribution < 1.29 is 19.6 Å². The molecule has 10 heteroatoms. The van der Waals surface area contributed by atoms with Crippen molar-refractivity contribution in [2.45, 2.75) is 4.90 Å². The Bertz CT molecular complexity index is 843. The number of aromatic hydroxyl groups is 1. The van der Waals surface area contributed by atoms with Crippen LogP contribution in [-0.2, 0) is 4.79 Å². The molecule has 0 atom stereocenters. The molecule has 0 saturated carbocycles. The summed E-state index contributed by atoms with van der Waals surface area (Å²) in [5.74, 6) is -0.0185. The number of halogens is 1. The maximum absolute atomic E-state index is 11.8. The number of methoxy groups -OCH3 is 1. The summed E-state index contributed by atoms with van der Waals surface area (Å²) in [6.45, 7) is 0. The van der Waals surface area contributed by atoms with Gasteiger partial charge in [-0.15, -0.1) is 11.8 Å². The zero-order valence-electron chi connectivity index (χ0n) is 13.5. The Balaban J connectivity index is 1.93. The first-order valence-corrected chi connectivity index (χ1v) is 8.94. The molecule has 2 aromatic rings. The standard InChI is InChI=1S/C16H14BrN3O5S/c1-25-12-2-4-13(5-3-12)26-9-15(21)19-18-8-10-6-11(17)7-14(16(10)22)20(23)24/h2-8,22H,9H2,1H3,(H,19,21)/b18-8+. The van der Waals surface area contributed by atoms with Gasteiger partial charge in [-0.2, -0.15) is 5.10 Å². The number of amides is 1. The van der Waals surface area contributed by atoms with Gasteiger partial charge in [0.1, 0.15) is 5.75 Å². The summed E-state index contributed by atoms with van der Waals surface area (Å²) < 4.78 is 5.46. The monoisotopic (exact) mass is 439 g/mol. The van der Waals surface area contributed by atoms with Gasteiger partial charge in [-0.1, -0.05) is 15.9 Å². The molecule has 0 unspecified atom stereocenters. The van der Waals surface area contributed by atoms with Crippen LogP contribution >= 0.6 is 27.7 Å². The van der Waals surface area contributed by atoms with Crippen LogP contribution in [-0.4, -0.2) is 35.0 Å². The second kappa shape index (κ2) is 9.20. The van der Waals surface area contributed by atoms with E-state index in [1.54, 1.807) is 19.2 Å². The molecule has 2 N–H and O–H groups in total. The lowest BCUT2D eigenvalue weighted by atomic mass is 10.2. The zero-order chi connectivity index (χ0) is 19.1. The predicted molar refractivity (Wildman–Crippen MR) is 102 cm³/mol. The summed E-state index contributed by atoms with van der Waals surface area (Å²) in [6.07, 6.45) is 1.14. The number of nitro groups is 1. The van der Waals surface area contributed by atoms with Crippen molar-refractivity contribution in [3.05, 3.63) is 56.5 Å². The van der Waals surface area contributed by atoms with Crippen LogP contribution in [0.25, 0.3) is 0 Å². The second-order valence-corrected chi connectivity index (χ2v) is 6.84. The fourth-order valence-corrected chi connectivity index (χ4v) is 3.02. The average Bonchev–Trinajstić information content (AvgIpc) is 2.62. The molecule has 0 aromatic heterocycles. The number of nitrogens with zero attached hydrogens (tertiary/aromatic N) is 2. The molecule has 0 radical (unpaired) electrons. The van der Waals surface area contributed by atoms with Crippen molar-refractivity contribution >= 4 is 45.5 Å². The summed E-state index contributed by atoms with van der Waals surface area (Å²) in [5, 5.41) is 24.5. The number of carbonyl (C=O) groups excluding carboxylic acids is 1. The van der Waals surface area contributed by atoms with Crippen LogP contribution in [0.5, 0.6) is 11.5 Å². The van der Waals surface area contributed by atoms with Gasteiger partial charge >= 0.3 is 5.69 Å². The van der Waals surface area contributed by atoms with Gasteiger partial charge in [0.05, 0.1) is 24.0 Å². The summed E-state index contributed by atoms with van der Waals surface area (Å²) in [7, 11) is 1.57. The number of nitrogens with one attached hydrogen (secondary N) is 1. The van der Waals surface area contributed by atoms with Gasteiger partial charge in [-0.3, -0.25) is 14.9 Å². The number of phenols is 1. The molecule has 0 aliphatic carbocycles. The van der Waals surface area contributed by atoms with E-state index in [0.29, 0.717) is 4.47 Å². The molecular weight excluding hydrogens is 426 g/mol. The summed E-state index contributed by atoms with van der Waals surface area (Å²) in [5.41, 5.74) is 1.96. The van der Waals surface area contributed by atoms with E-state index < -0.39 is 16.4 Å². The molecule has 0 fully saturated rings. The van der Waals surface area contributed by atoms with Crippen LogP contribution in [0.1, 0.15) is 5.56 Å². The molecule has 26 heavy (non-hydrogen) atoms. The second-order valence-electron chi connectivity index (χ2n) is 4.88. The molecule has 2 aromatic carbocycles. The molecule has 1 amide bonds. The van der Waals surface area contributed by atoms with Gasteiger partial charge in [0.2, 0.25) is 11.7 Å². The molecule has 136 valence electrons. The quantitative estimate of drug-likeness (QED) is 0.296. The number of phenolic OH excluding ortho intramolecular Hbond substituents is 1. The number of benzene rings is 2.